The van der Waals surface area contributed by atoms with Gasteiger partial charge in [-0.1, -0.05) is 29.5 Å². The Hall–Kier alpha value is -3.46. The molecule has 1 aliphatic heterocycles. The number of ether oxygens (including phenoxy) is 1. The maximum Gasteiger partial charge on any atom is 0.321 e. The second-order valence-corrected chi connectivity index (χ2v) is 8.90. The van der Waals surface area contributed by atoms with Gasteiger partial charge in [0.15, 0.2) is 0 Å². The monoisotopic (exact) mass is 465 g/mol. The fourth-order valence-electron chi connectivity index (χ4n) is 3.75. The Kier molecular flexibility index (Phi) is 7.19. The Morgan fingerprint density at radius 3 is 2.67 bits per heavy atom. The van der Waals surface area contributed by atoms with Crippen molar-refractivity contribution >= 4 is 34.6 Å². The highest BCUT2D eigenvalue weighted by Gasteiger charge is 2.28. The van der Waals surface area contributed by atoms with Gasteiger partial charge >= 0.3 is 6.03 Å². The highest BCUT2D eigenvalue weighted by Crippen LogP contribution is 2.30. The van der Waals surface area contributed by atoms with Crippen molar-refractivity contribution < 1.29 is 14.3 Å². The van der Waals surface area contributed by atoms with Crippen LogP contribution in [0.3, 0.4) is 0 Å². The zero-order chi connectivity index (χ0) is 23.2. The maximum absolute atomic E-state index is 12.8. The molecule has 2 N–H and O–H groups in total. The van der Waals surface area contributed by atoms with Gasteiger partial charge in [0, 0.05) is 30.4 Å². The second-order valence-electron chi connectivity index (χ2n) is 7.89. The van der Waals surface area contributed by atoms with Crippen LogP contribution in [0, 0.1) is 6.92 Å². The number of urea groups is 1. The second kappa shape index (κ2) is 10.4. The molecule has 172 valence electrons. The van der Waals surface area contributed by atoms with Gasteiger partial charge in [0.05, 0.1) is 6.61 Å². The number of amides is 3. The summed E-state index contributed by atoms with van der Waals surface area (Å²) >= 11 is 1.29. The number of para-hydroxylation sites is 1. The molecule has 0 aliphatic carbocycles. The number of rotatable bonds is 6. The number of carbonyl (C=O) groups is 2. The predicted molar refractivity (Wildman–Crippen MR) is 129 cm³/mol. The van der Waals surface area contributed by atoms with E-state index in [4.69, 9.17) is 4.74 Å². The van der Waals surface area contributed by atoms with Crippen molar-refractivity contribution in [3.8, 4) is 5.75 Å². The molecule has 2 aromatic carbocycles. The molecular weight excluding hydrogens is 438 g/mol. The first-order chi connectivity index (χ1) is 16.0. The Morgan fingerprint density at radius 2 is 1.91 bits per heavy atom. The summed E-state index contributed by atoms with van der Waals surface area (Å²) in [5, 5.41) is 15.3. The predicted octanol–water partition coefficient (Wildman–Crippen LogP) is 4.91. The molecule has 1 aliphatic rings. The zero-order valence-corrected chi connectivity index (χ0v) is 19.5. The van der Waals surface area contributed by atoms with E-state index in [0.29, 0.717) is 24.7 Å². The molecule has 9 heteroatoms. The van der Waals surface area contributed by atoms with Crippen molar-refractivity contribution in [3.63, 3.8) is 0 Å². The minimum Gasteiger partial charge on any atom is -0.494 e. The number of nitrogens with zero attached hydrogens (tertiary/aromatic N) is 3. The Morgan fingerprint density at radius 1 is 1.12 bits per heavy atom. The van der Waals surface area contributed by atoms with Crippen LogP contribution in [0.5, 0.6) is 5.75 Å². The summed E-state index contributed by atoms with van der Waals surface area (Å²) in [7, 11) is 0. The van der Waals surface area contributed by atoms with Crippen molar-refractivity contribution in [2.75, 3.05) is 30.3 Å². The van der Waals surface area contributed by atoms with Crippen LogP contribution in [-0.4, -0.2) is 46.7 Å². The summed E-state index contributed by atoms with van der Waals surface area (Å²) in [5.74, 6) is 0.559. The molecule has 3 aromatic rings. The van der Waals surface area contributed by atoms with Crippen LogP contribution < -0.4 is 15.4 Å². The summed E-state index contributed by atoms with van der Waals surface area (Å²) in [6.45, 7) is 5.69. The normalized spacial score (nSPS) is 15.7. The van der Waals surface area contributed by atoms with Gasteiger partial charge in [-0.05, 0) is 62.6 Å². The summed E-state index contributed by atoms with van der Waals surface area (Å²) in [5.41, 5.74) is 2.46. The topological polar surface area (TPSA) is 96.4 Å². The lowest BCUT2D eigenvalue weighted by Gasteiger charge is -2.31. The maximum atomic E-state index is 12.8. The van der Waals surface area contributed by atoms with E-state index in [1.165, 1.54) is 11.3 Å². The third kappa shape index (κ3) is 5.67. The van der Waals surface area contributed by atoms with Gasteiger partial charge in [0.1, 0.15) is 10.8 Å². The van der Waals surface area contributed by atoms with Crippen LogP contribution in [0.25, 0.3) is 0 Å². The number of hydrogen-bond acceptors (Lipinski definition) is 6. The molecule has 0 radical (unpaired) electrons. The fraction of sp³-hybridized carbons (Fsp3) is 0.333. The lowest BCUT2D eigenvalue weighted by molar-refractivity contribution is 0.102. The summed E-state index contributed by atoms with van der Waals surface area (Å²) in [4.78, 5) is 27.2. The molecule has 1 aromatic heterocycles. The molecule has 0 bridgehead atoms. The molecule has 0 unspecified atom stereocenters. The number of carbonyl (C=O) groups excluding carboxylic acids is 2. The van der Waals surface area contributed by atoms with Gasteiger partial charge in [-0.15, -0.1) is 10.2 Å². The number of aromatic nitrogens is 2. The summed E-state index contributed by atoms with van der Waals surface area (Å²) in [6.07, 6.45) is 1.77. The van der Waals surface area contributed by atoms with Crippen LogP contribution in [0.4, 0.5) is 16.2 Å². The van der Waals surface area contributed by atoms with Crippen molar-refractivity contribution in [3.05, 3.63) is 64.1 Å². The zero-order valence-electron chi connectivity index (χ0n) is 18.7. The molecule has 3 amide bonds. The van der Waals surface area contributed by atoms with Crippen molar-refractivity contribution in [2.24, 2.45) is 0 Å². The van der Waals surface area contributed by atoms with Gasteiger partial charge in [0.25, 0.3) is 5.91 Å². The van der Waals surface area contributed by atoms with E-state index in [-0.39, 0.29) is 17.9 Å². The lowest BCUT2D eigenvalue weighted by atomic mass is 9.99. The van der Waals surface area contributed by atoms with Crippen LogP contribution in [0.1, 0.15) is 46.1 Å². The number of piperidine rings is 1. The smallest absolute Gasteiger partial charge is 0.321 e. The molecule has 33 heavy (non-hydrogen) atoms. The molecule has 0 spiro atoms. The number of nitrogens with one attached hydrogen (secondary N) is 2. The molecule has 4 rings (SSSR count). The number of likely N-dealkylation sites (tertiary alicyclic amines) is 1. The van der Waals surface area contributed by atoms with Crippen molar-refractivity contribution in [2.45, 2.75) is 32.6 Å². The minimum absolute atomic E-state index is 0.0577. The number of benzene rings is 2. The number of hydrogen-bond donors (Lipinski definition) is 2. The third-order valence-corrected chi connectivity index (χ3v) is 6.59. The molecule has 1 saturated heterocycles. The first-order valence-corrected chi connectivity index (χ1v) is 11.8. The molecule has 8 nitrogen and oxygen atoms in total. The Bertz CT molecular complexity index is 1120. The van der Waals surface area contributed by atoms with E-state index in [0.717, 1.165) is 40.5 Å². The van der Waals surface area contributed by atoms with Crippen molar-refractivity contribution in [1.29, 1.82) is 0 Å². The quantitative estimate of drug-likeness (QED) is 0.539. The highest BCUT2D eigenvalue weighted by molar-refractivity contribution is 7.13. The van der Waals surface area contributed by atoms with Gasteiger partial charge < -0.3 is 20.3 Å². The lowest BCUT2D eigenvalue weighted by Crippen LogP contribution is -2.41. The molecule has 0 saturated carbocycles. The number of aryl methyl sites for hydroxylation is 1. The molecule has 1 atom stereocenters. The third-order valence-electron chi connectivity index (χ3n) is 5.50. The van der Waals surface area contributed by atoms with Crippen LogP contribution in [-0.2, 0) is 0 Å². The SMILES string of the molecule is CCOc1ccc(NC(=O)N2CCC[C@@H](c3nnc(C(=O)Nc4ccccc4C)s3)C2)cc1. The van der Waals surface area contributed by atoms with Crippen LogP contribution in [0.15, 0.2) is 48.5 Å². The largest absolute Gasteiger partial charge is 0.494 e. The van der Waals surface area contributed by atoms with E-state index < -0.39 is 0 Å². The molecular formula is C24H27N5O3S. The van der Waals surface area contributed by atoms with E-state index >= 15 is 0 Å². The van der Waals surface area contributed by atoms with Crippen LogP contribution >= 0.6 is 11.3 Å². The highest BCUT2D eigenvalue weighted by atomic mass is 32.1. The van der Waals surface area contributed by atoms with Gasteiger partial charge in [-0.2, -0.15) is 0 Å². The fourth-order valence-corrected chi connectivity index (χ4v) is 4.61. The van der Waals surface area contributed by atoms with Gasteiger partial charge in [0.2, 0.25) is 5.01 Å². The minimum atomic E-state index is -0.269. The van der Waals surface area contributed by atoms with E-state index in [1.807, 2.05) is 62.4 Å². The van der Waals surface area contributed by atoms with Gasteiger partial charge in [-0.25, -0.2) is 4.79 Å². The summed E-state index contributed by atoms with van der Waals surface area (Å²) in [6, 6.07) is 14.8. The Balaban J connectivity index is 1.36. The van der Waals surface area contributed by atoms with Crippen molar-refractivity contribution in [1.82, 2.24) is 15.1 Å². The first-order valence-electron chi connectivity index (χ1n) is 11.0. The van der Waals surface area contributed by atoms with Gasteiger partial charge in [-0.3, -0.25) is 4.79 Å². The van der Waals surface area contributed by atoms with E-state index in [1.54, 1.807) is 4.90 Å². The standard InChI is InChI=1S/C24H27N5O3S/c1-3-32-19-12-10-18(11-13-19)25-24(31)29-14-6-8-17(15-29)22-27-28-23(33-22)21(30)26-20-9-5-4-7-16(20)2/h4-5,7,9-13,17H,3,6,8,14-15H2,1-2H3,(H,25,31)(H,26,30)/t17-/m1/s1. The summed E-state index contributed by atoms with van der Waals surface area (Å²) < 4.78 is 5.44. The van der Waals surface area contributed by atoms with E-state index in [9.17, 15) is 9.59 Å². The molecule has 1 fully saturated rings. The van der Waals surface area contributed by atoms with Crippen LogP contribution in [0.2, 0.25) is 0 Å². The number of anilines is 2. The van der Waals surface area contributed by atoms with E-state index in [2.05, 4.69) is 20.8 Å². The molecule has 2 heterocycles. The Labute approximate surface area is 197 Å². The average molecular weight is 466 g/mol. The first kappa shape index (κ1) is 22.7. The average Bonchev–Trinajstić information content (AvgIpc) is 3.33.